The second-order valence-electron chi connectivity index (χ2n) is 3.61. The van der Waals surface area contributed by atoms with Crippen molar-refractivity contribution in [2.45, 2.75) is 11.8 Å². The van der Waals surface area contributed by atoms with Crippen molar-refractivity contribution < 1.29 is 32.2 Å². The highest BCUT2D eigenvalue weighted by atomic mass is 32.2. The largest absolute Gasteiger partial charge is 0.480 e. The average molecular weight is 305 g/mol. The second-order valence-corrected chi connectivity index (χ2v) is 5.38. The minimum absolute atomic E-state index is 0.0503. The summed E-state index contributed by atoms with van der Waals surface area (Å²) in [5.74, 6) is -3.22. The number of carboxylic acids is 1. The van der Waals surface area contributed by atoms with E-state index < -0.39 is 39.2 Å². The lowest BCUT2D eigenvalue weighted by Gasteiger charge is -2.07. The van der Waals surface area contributed by atoms with Gasteiger partial charge >= 0.3 is 11.9 Å². The van der Waals surface area contributed by atoms with E-state index in [0.717, 1.165) is 12.1 Å². The number of ether oxygens (including phenoxy) is 1. The van der Waals surface area contributed by atoms with Crippen molar-refractivity contribution in [1.29, 1.82) is 0 Å². The quantitative estimate of drug-likeness (QED) is 0.735. The maximum atomic E-state index is 13.3. The summed E-state index contributed by atoms with van der Waals surface area (Å²) in [4.78, 5) is 21.2. The molecule has 0 radical (unpaired) electrons. The number of benzene rings is 1. The first-order valence-electron chi connectivity index (χ1n) is 5.45. The van der Waals surface area contributed by atoms with Gasteiger partial charge in [-0.3, -0.25) is 4.79 Å². The summed E-state index contributed by atoms with van der Waals surface area (Å²) in [6.07, 6.45) is 0. The van der Waals surface area contributed by atoms with Crippen LogP contribution >= 0.6 is 0 Å². The van der Waals surface area contributed by atoms with Crippen LogP contribution in [0.15, 0.2) is 23.1 Å². The van der Waals surface area contributed by atoms with E-state index in [0.29, 0.717) is 6.07 Å². The number of hydrogen-bond acceptors (Lipinski definition) is 5. The average Bonchev–Trinajstić information content (AvgIpc) is 2.36. The van der Waals surface area contributed by atoms with E-state index in [-0.39, 0.29) is 12.2 Å². The molecule has 0 aliphatic carbocycles. The summed E-state index contributed by atoms with van der Waals surface area (Å²) in [5, 5.41) is 8.42. The lowest BCUT2D eigenvalue weighted by atomic mass is 10.2. The maximum Gasteiger partial charge on any atom is 0.338 e. The fourth-order valence-electron chi connectivity index (χ4n) is 1.29. The Morgan fingerprint density at radius 3 is 2.55 bits per heavy atom. The lowest BCUT2D eigenvalue weighted by Crippen LogP contribution is -2.29. The van der Waals surface area contributed by atoms with Crippen molar-refractivity contribution in [3.63, 3.8) is 0 Å². The Hall–Kier alpha value is -2.00. The molecule has 0 fully saturated rings. The van der Waals surface area contributed by atoms with Crippen molar-refractivity contribution in [2.75, 3.05) is 13.2 Å². The van der Waals surface area contributed by atoms with Crippen molar-refractivity contribution in [3.8, 4) is 0 Å². The topological polar surface area (TPSA) is 110 Å². The fraction of sp³-hybridized carbons (Fsp3) is 0.273. The zero-order valence-electron chi connectivity index (χ0n) is 10.4. The molecule has 0 aliphatic heterocycles. The summed E-state index contributed by atoms with van der Waals surface area (Å²) in [7, 11) is -4.23. The van der Waals surface area contributed by atoms with Crippen LogP contribution < -0.4 is 4.72 Å². The molecule has 1 aromatic rings. The standard InChI is InChI=1S/C11H12FNO6S/c1-2-19-11(16)7-3-8(12)5-9(4-7)20(17,18)13-6-10(14)15/h3-5,13H,2,6H2,1H3,(H,14,15). The molecule has 0 amide bonds. The van der Waals surface area contributed by atoms with Crippen molar-refractivity contribution in [1.82, 2.24) is 4.72 Å². The zero-order valence-corrected chi connectivity index (χ0v) is 11.2. The van der Waals surface area contributed by atoms with Gasteiger partial charge in [-0.1, -0.05) is 0 Å². The Morgan fingerprint density at radius 2 is 2.00 bits per heavy atom. The number of halogens is 1. The van der Waals surface area contributed by atoms with Crippen LogP contribution in [0, 0.1) is 5.82 Å². The van der Waals surface area contributed by atoms with E-state index in [1.165, 1.54) is 0 Å². The molecule has 0 aromatic heterocycles. The number of sulfonamides is 1. The van der Waals surface area contributed by atoms with Crippen LogP contribution in [0.1, 0.15) is 17.3 Å². The van der Waals surface area contributed by atoms with E-state index in [4.69, 9.17) is 5.11 Å². The summed E-state index contributed by atoms with van der Waals surface area (Å²) in [5.41, 5.74) is -0.275. The molecule has 20 heavy (non-hydrogen) atoms. The first kappa shape index (κ1) is 16.1. The molecule has 110 valence electrons. The van der Waals surface area contributed by atoms with E-state index in [9.17, 15) is 22.4 Å². The van der Waals surface area contributed by atoms with Crippen molar-refractivity contribution in [2.24, 2.45) is 0 Å². The zero-order chi connectivity index (χ0) is 15.3. The third kappa shape index (κ3) is 4.28. The van der Waals surface area contributed by atoms with Crippen molar-refractivity contribution in [3.05, 3.63) is 29.6 Å². The maximum absolute atomic E-state index is 13.3. The van der Waals surface area contributed by atoms with Crippen LogP contribution in [0.3, 0.4) is 0 Å². The highest BCUT2D eigenvalue weighted by Gasteiger charge is 2.19. The summed E-state index contributed by atoms with van der Waals surface area (Å²) in [6.45, 7) is 0.742. The molecule has 0 bridgehead atoms. The van der Waals surface area contributed by atoms with Crippen LogP contribution in [0.2, 0.25) is 0 Å². The van der Waals surface area contributed by atoms with Gasteiger partial charge in [-0.15, -0.1) is 0 Å². The van der Waals surface area contributed by atoms with Gasteiger partial charge in [0.25, 0.3) is 0 Å². The summed E-state index contributed by atoms with van der Waals surface area (Å²) < 4.78 is 43.2. The van der Waals surface area contributed by atoms with Gasteiger partial charge < -0.3 is 9.84 Å². The number of nitrogens with one attached hydrogen (secondary N) is 1. The molecule has 1 rings (SSSR count). The van der Waals surface area contributed by atoms with E-state index in [2.05, 4.69) is 4.74 Å². The van der Waals surface area contributed by atoms with Gasteiger partial charge in [0.05, 0.1) is 17.1 Å². The summed E-state index contributed by atoms with van der Waals surface area (Å²) >= 11 is 0. The van der Waals surface area contributed by atoms with Gasteiger partial charge in [-0.05, 0) is 25.1 Å². The third-order valence-electron chi connectivity index (χ3n) is 2.11. The fourth-order valence-corrected chi connectivity index (χ4v) is 2.32. The number of esters is 1. The molecule has 0 saturated heterocycles. The Bertz CT molecular complexity index is 628. The van der Waals surface area contributed by atoms with Crippen LogP contribution in [-0.4, -0.2) is 38.6 Å². The Kier molecular flexibility index (Phi) is 5.17. The number of carbonyl (C=O) groups is 2. The molecule has 1 aromatic carbocycles. The number of hydrogen-bond donors (Lipinski definition) is 2. The predicted octanol–water partition coefficient (Wildman–Crippen LogP) is 0.365. The molecule has 0 aliphatic rings. The molecule has 7 nitrogen and oxygen atoms in total. The van der Waals surface area contributed by atoms with Gasteiger partial charge in [-0.2, -0.15) is 4.72 Å². The van der Waals surface area contributed by atoms with E-state index >= 15 is 0 Å². The molecule has 0 spiro atoms. The lowest BCUT2D eigenvalue weighted by molar-refractivity contribution is -0.135. The first-order chi connectivity index (χ1) is 9.26. The highest BCUT2D eigenvalue weighted by molar-refractivity contribution is 7.89. The molecule has 9 heteroatoms. The molecule has 0 atom stereocenters. The number of aliphatic carboxylic acids is 1. The van der Waals surface area contributed by atoms with Gasteiger partial charge in [-0.25, -0.2) is 17.6 Å². The van der Waals surface area contributed by atoms with Gasteiger partial charge in [0, 0.05) is 0 Å². The highest BCUT2D eigenvalue weighted by Crippen LogP contribution is 2.15. The van der Waals surface area contributed by atoms with E-state index in [1.54, 1.807) is 11.6 Å². The second kappa shape index (κ2) is 6.44. The van der Waals surface area contributed by atoms with E-state index in [1.807, 2.05) is 0 Å². The minimum atomic E-state index is -4.23. The molecule has 2 N–H and O–H groups in total. The number of rotatable bonds is 6. The van der Waals surface area contributed by atoms with Crippen LogP contribution in [-0.2, 0) is 19.6 Å². The predicted molar refractivity (Wildman–Crippen MR) is 65.2 cm³/mol. The van der Waals surface area contributed by atoms with Crippen LogP contribution in [0.5, 0.6) is 0 Å². The third-order valence-corrected chi connectivity index (χ3v) is 3.49. The smallest absolute Gasteiger partial charge is 0.338 e. The Balaban J connectivity index is 3.12. The minimum Gasteiger partial charge on any atom is -0.480 e. The molecular formula is C11H12FNO6S. The number of carbonyl (C=O) groups excluding carboxylic acids is 1. The molecule has 0 saturated carbocycles. The van der Waals surface area contributed by atoms with Crippen LogP contribution in [0.25, 0.3) is 0 Å². The molecule has 0 unspecified atom stereocenters. The van der Waals surface area contributed by atoms with Crippen molar-refractivity contribution >= 4 is 22.0 Å². The SMILES string of the molecule is CCOC(=O)c1cc(F)cc(S(=O)(=O)NCC(=O)O)c1. The summed E-state index contributed by atoms with van der Waals surface area (Å²) in [6, 6.07) is 2.41. The Labute approximate surface area is 114 Å². The molecular weight excluding hydrogens is 293 g/mol. The normalized spacial score (nSPS) is 11.1. The first-order valence-corrected chi connectivity index (χ1v) is 6.93. The van der Waals surface area contributed by atoms with Gasteiger partial charge in [0.1, 0.15) is 12.4 Å². The molecule has 0 heterocycles. The number of carboxylic acid groups (broad SMARTS) is 1. The Morgan fingerprint density at radius 1 is 1.35 bits per heavy atom. The monoisotopic (exact) mass is 305 g/mol. The van der Waals surface area contributed by atoms with Gasteiger partial charge in [0.2, 0.25) is 10.0 Å². The van der Waals surface area contributed by atoms with Crippen LogP contribution in [0.4, 0.5) is 4.39 Å². The van der Waals surface area contributed by atoms with Gasteiger partial charge in [0.15, 0.2) is 0 Å².